The van der Waals surface area contributed by atoms with Crippen molar-refractivity contribution in [2.45, 2.75) is 33.1 Å². The number of hydrogen-bond acceptors (Lipinski definition) is 5. The minimum absolute atomic E-state index is 0.305. The second-order valence-electron chi connectivity index (χ2n) is 4.56. The van der Waals surface area contributed by atoms with E-state index in [-0.39, 0.29) is 0 Å². The van der Waals surface area contributed by atoms with Gasteiger partial charge in [0.1, 0.15) is 0 Å². The van der Waals surface area contributed by atoms with Crippen LogP contribution in [0.15, 0.2) is 23.3 Å². The summed E-state index contributed by atoms with van der Waals surface area (Å²) in [4.78, 5) is 11.1. The minimum atomic E-state index is -0.582. The molecule has 0 aromatic heterocycles. The molecule has 1 aromatic rings. The number of methoxy groups -OCH3 is 1. The first-order valence-electron chi connectivity index (χ1n) is 7.47. The molecule has 0 radical (unpaired) electrons. The van der Waals surface area contributed by atoms with Crippen LogP contribution >= 0.6 is 0 Å². The summed E-state index contributed by atoms with van der Waals surface area (Å²) in [6.07, 6.45) is 4.25. The van der Waals surface area contributed by atoms with Gasteiger partial charge in [-0.05, 0) is 37.1 Å². The highest BCUT2D eigenvalue weighted by Gasteiger charge is 2.05. The van der Waals surface area contributed by atoms with E-state index in [0.29, 0.717) is 24.7 Å². The lowest BCUT2D eigenvalue weighted by atomic mass is 10.2. The molecule has 0 saturated heterocycles. The van der Waals surface area contributed by atoms with Crippen molar-refractivity contribution in [2.24, 2.45) is 5.10 Å². The van der Waals surface area contributed by atoms with Gasteiger partial charge in [0.05, 0.1) is 26.5 Å². The van der Waals surface area contributed by atoms with Gasteiger partial charge in [0.15, 0.2) is 11.5 Å². The van der Waals surface area contributed by atoms with E-state index in [1.807, 2.05) is 12.1 Å². The molecule has 22 heavy (non-hydrogen) atoms. The molecule has 0 fully saturated rings. The van der Waals surface area contributed by atoms with Gasteiger partial charge in [-0.25, -0.2) is 10.2 Å². The van der Waals surface area contributed by atoms with E-state index in [4.69, 9.17) is 14.2 Å². The molecule has 0 atom stereocenters. The predicted octanol–water partition coefficient (Wildman–Crippen LogP) is 3.34. The van der Waals surface area contributed by atoms with Crippen LogP contribution in [0, 0.1) is 0 Å². The third kappa shape index (κ3) is 6.47. The summed E-state index contributed by atoms with van der Waals surface area (Å²) in [5, 5.41) is 3.81. The molecule has 6 heteroatoms. The summed E-state index contributed by atoms with van der Waals surface area (Å²) in [6, 6.07) is 5.47. The molecule has 0 heterocycles. The molecular weight excluding hydrogens is 284 g/mol. The van der Waals surface area contributed by atoms with Gasteiger partial charge in [-0.15, -0.1) is 0 Å². The van der Waals surface area contributed by atoms with Crippen LogP contribution in [0.5, 0.6) is 11.5 Å². The quantitative estimate of drug-likeness (QED) is 0.431. The van der Waals surface area contributed by atoms with Crippen molar-refractivity contribution in [1.29, 1.82) is 0 Å². The topological polar surface area (TPSA) is 69.2 Å². The van der Waals surface area contributed by atoms with Crippen molar-refractivity contribution in [3.8, 4) is 11.5 Å². The number of carbonyl (C=O) groups is 1. The number of carbonyl (C=O) groups excluding carboxylic acids is 1. The van der Waals surface area contributed by atoms with Crippen LogP contribution in [-0.2, 0) is 4.74 Å². The third-order valence-electron chi connectivity index (χ3n) is 2.84. The maximum absolute atomic E-state index is 11.1. The Hall–Kier alpha value is -2.24. The van der Waals surface area contributed by atoms with Crippen molar-refractivity contribution in [3.05, 3.63) is 23.8 Å². The molecule has 1 N–H and O–H groups in total. The van der Waals surface area contributed by atoms with E-state index < -0.39 is 6.09 Å². The van der Waals surface area contributed by atoms with Crippen molar-refractivity contribution >= 4 is 12.3 Å². The first-order chi connectivity index (χ1) is 10.7. The predicted molar refractivity (Wildman–Crippen MR) is 85.8 cm³/mol. The summed E-state index contributed by atoms with van der Waals surface area (Å²) < 4.78 is 15.7. The van der Waals surface area contributed by atoms with Crippen molar-refractivity contribution in [2.75, 3.05) is 20.3 Å². The Morgan fingerprint density at radius 2 is 2.09 bits per heavy atom. The smallest absolute Gasteiger partial charge is 0.427 e. The lowest BCUT2D eigenvalue weighted by molar-refractivity contribution is 0.152. The number of nitrogens with one attached hydrogen (secondary N) is 1. The fourth-order valence-electron chi connectivity index (χ4n) is 1.74. The highest BCUT2D eigenvalue weighted by atomic mass is 16.5. The SMILES string of the molecule is CCCCCOc1ccc(C=NNC(=O)OCC)cc1OC. The maximum atomic E-state index is 11.1. The van der Waals surface area contributed by atoms with E-state index in [0.717, 1.165) is 24.8 Å². The summed E-state index contributed by atoms with van der Waals surface area (Å²) >= 11 is 0. The molecule has 6 nitrogen and oxygen atoms in total. The lowest BCUT2D eigenvalue weighted by Gasteiger charge is -2.11. The average molecular weight is 308 g/mol. The average Bonchev–Trinajstić information content (AvgIpc) is 2.52. The number of hydrogen-bond donors (Lipinski definition) is 1. The monoisotopic (exact) mass is 308 g/mol. The van der Waals surface area contributed by atoms with Gasteiger partial charge in [-0.2, -0.15) is 5.10 Å². The molecule has 0 unspecified atom stereocenters. The molecule has 0 aliphatic rings. The Kier molecular flexibility index (Phi) is 8.49. The van der Waals surface area contributed by atoms with Gasteiger partial charge in [0.25, 0.3) is 0 Å². The Morgan fingerprint density at radius 1 is 1.27 bits per heavy atom. The van der Waals surface area contributed by atoms with Gasteiger partial charge in [-0.1, -0.05) is 19.8 Å². The largest absolute Gasteiger partial charge is 0.493 e. The third-order valence-corrected chi connectivity index (χ3v) is 2.84. The van der Waals surface area contributed by atoms with Crippen LogP contribution < -0.4 is 14.9 Å². The highest BCUT2D eigenvalue weighted by molar-refractivity contribution is 5.82. The molecule has 1 amide bonds. The molecule has 122 valence electrons. The molecule has 0 spiro atoms. The number of ether oxygens (including phenoxy) is 3. The van der Waals surface area contributed by atoms with Crippen molar-refractivity contribution < 1.29 is 19.0 Å². The maximum Gasteiger partial charge on any atom is 0.427 e. The summed E-state index contributed by atoms with van der Waals surface area (Å²) in [5.74, 6) is 1.34. The number of amides is 1. The van der Waals surface area contributed by atoms with Crippen molar-refractivity contribution in [1.82, 2.24) is 5.43 Å². The van der Waals surface area contributed by atoms with E-state index >= 15 is 0 Å². The Labute approximate surface area is 131 Å². The Morgan fingerprint density at radius 3 is 2.77 bits per heavy atom. The molecule has 0 saturated carbocycles. The first-order valence-corrected chi connectivity index (χ1v) is 7.47. The molecule has 0 aliphatic carbocycles. The van der Waals surface area contributed by atoms with Gasteiger partial charge in [0.2, 0.25) is 0 Å². The van der Waals surface area contributed by atoms with Crippen molar-refractivity contribution in [3.63, 3.8) is 0 Å². The molecule has 0 bridgehead atoms. The number of nitrogens with zero attached hydrogens (tertiary/aromatic N) is 1. The van der Waals surface area contributed by atoms with Crippen LogP contribution in [0.4, 0.5) is 4.79 Å². The number of rotatable bonds is 9. The standard InChI is InChI=1S/C16H24N2O4/c1-4-6-7-10-22-14-9-8-13(11-15(14)20-3)12-17-18-16(19)21-5-2/h8-9,11-12H,4-7,10H2,1-3H3,(H,18,19). The molecule has 1 aromatic carbocycles. The van der Waals surface area contributed by atoms with Crippen LogP contribution in [-0.4, -0.2) is 32.6 Å². The number of unbranched alkanes of at least 4 members (excludes halogenated alkanes) is 2. The molecule has 1 rings (SSSR count). The van der Waals surface area contributed by atoms with Gasteiger partial charge in [-0.3, -0.25) is 0 Å². The fraction of sp³-hybridized carbons (Fsp3) is 0.500. The fourth-order valence-corrected chi connectivity index (χ4v) is 1.74. The second kappa shape index (κ2) is 10.5. The van der Waals surface area contributed by atoms with E-state index in [9.17, 15) is 4.79 Å². The van der Waals surface area contributed by atoms with E-state index in [1.54, 1.807) is 20.1 Å². The normalized spacial score (nSPS) is 10.5. The number of hydrazone groups is 1. The van der Waals surface area contributed by atoms with Gasteiger partial charge < -0.3 is 14.2 Å². The summed E-state index contributed by atoms with van der Waals surface area (Å²) in [7, 11) is 1.59. The molecule has 0 aliphatic heterocycles. The Balaban J connectivity index is 2.59. The first kappa shape index (κ1) is 17.8. The lowest BCUT2D eigenvalue weighted by Crippen LogP contribution is -2.18. The zero-order valence-electron chi connectivity index (χ0n) is 13.4. The van der Waals surface area contributed by atoms with Crippen LogP contribution in [0.3, 0.4) is 0 Å². The zero-order chi connectivity index (χ0) is 16.2. The second-order valence-corrected chi connectivity index (χ2v) is 4.56. The summed E-state index contributed by atoms with van der Waals surface area (Å²) in [5.41, 5.74) is 3.06. The van der Waals surface area contributed by atoms with Crippen LogP contribution in [0.25, 0.3) is 0 Å². The van der Waals surface area contributed by atoms with E-state index in [1.165, 1.54) is 6.21 Å². The minimum Gasteiger partial charge on any atom is -0.493 e. The van der Waals surface area contributed by atoms with E-state index in [2.05, 4.69) is 17.5 Å². The number of benzene rings is 1. The van der Waals surface area contributed by atoms with Crippen LogP contribution in [0.2, 0.25) is 0 Å². The molecular formula is C16H24N2O4. The van der Waals surface area contributed by atoms with Gasteiger partial charge in [0, 0.05) is 0 Å². The zero-order valence-corrected chi connectivity index (χ0v) is 13.4. The van der Waals surface area contributed by atoms with Crippen LogP contribution in [0.1, 0.15) is 38.7 Å². The Bertz CT molecular complexity index is 489. The summed E-state index contributed by atoms with van der Waals surface area (Å²) in [6.45, 7) is 4.85. The highest BCUT2D eigenvalue weighted by Crippen LogP contribution is 2.27. The van der Waals surface area contributed by atoms with Gasteiger partial charge >= 0.3 is 6.09 Å².